The third-order valence-corrected chi connectivity index (χ3v) is 5.13. The Bertz CT molecular complexity index is 1050. The number of allylic oxidation sites excluding steroid dienone is 1. The van der Waals surface area contributed by atoms with Gasteiger partial charge in [0.2, 0.25) is 0 Å². The van der Waals surface area contributed by atoms with Crippen molar-refractivity contribution in [1.82, 2.24) is 4.98 Å². The molecule has 0 bridgehead atoms. The maximum atomic E-state index is 12.1. The number of aliphatic carboxylic acids is 1. The highest BCUT2D eigenvalue weighted by Gasteiger charge is 2.28. The number of hydrogen-bond donors (Lipinski definition) is 1. The summed E-state index contributed by atoms with van der Waals surface area (Å²) in [5.41, 5.74) is 3.59. The van der Waals surface area contributed by atoms with Crippen molar-refractivity contribution >= 4 is 44.4 Å². The highest BCUT2D eigenvalue weighted by Crippen LogP contribution is 2.39. The van der Waals surface area contributed by atoms with Gasteiger partial charge in [-0.2, -0.15) is 0 Å². The number of nitrogens with zero attached hydrogens (tertiary/aromatic N) is 1. The van der Waals surface area contributed by atoms with E-state index in [9.17, 15) is 9.90 Å². The van der Waals surface area contributed by atoms with Crippen LogP contribution in [0.2, 0.25) is 5.02 Å². The highest BCUT2D eigenvalue weighted by atomic mass is 79.9. The number of carbonyl (C=O) groups is 1. The Hall–Kier alpha value is -2.21. The van der Waals surface area contributed by atoms with E-state index in [1.807, 2.05) is 50.3 Å². The molecule has 1 heterocycles. The average Bonchev–Trinajstić information content (AvgIpc) is 2.66. The van der Waals surface area contributed by atoms with E-state index in [0.29, 0.717) is 16.3 Å². The fraction of sp³-hybridized carbons (Fsp3) is 0.182. The second-order valence-electron chi connectivity index (χ2n) is 6.27. The number of aromatic nitrogens is 1. The van der Waals surface area contributed by atoms with Crippen molar-refractivity contribution < 1.29 is 14.6 Å². The normalized spacial score (nSPS) is 12.6. The number of pyridine rings is 1. The van der Waals surface area contributed by atoms with E-state index in [1.165, 1.54) is 0 Å². The molecule has 144 valence electrons. The van der Waals surface area contributed by atoms with Gasteiger partial charge >= 0.3 is 5.97 Å². The smallest absolute Gasteiger partial charge is 0.337 e. The average molecular weight is 461 g/mol. The highest BCUT2D eigenvalue weighted by molar-refractivity contribution is 9.10. The molecule has 0 saturated carbocycles. The molecular weight excluding hydrogens is 442 g/mol. The summed E-state index contributed by atoms with van der Waals surface area (Å²) in [6.07, 6.45) is 2.46. The molecule has 4 nitrogen and oxygen atoms in total. The van der Waals surface area contributed by atoms with Gasteiger partial charge in [-0.15, -0.1) is 0 Å². The van der Waals surface area contributed by atoms with Crippen molar-refractivity contribution in [1.29, 1.82) is 0 Å². The molecule has 0 fully saturated rings. The zero-order valence-electron chi connectivity index (χ0n) is 15.4. The molecule has 0 saturated heterocycles. The van der Waals surface area contributed by atoms with Crippen molar-refractivity contribution in [2.75, 3.05) is 6.61 Å². The molecule has 6 heteroatoms. The Morgan fingerprint density at radius 3 is 2.64 bits per heavy atom. The van der Waals surface area contributed by atoms with Crippen LogP contribution in [0.1, 0.15) is 24.3 Å². The van der Waals surface area contributed by atoms with Gasteiger partial charge in [-0.1, -0.05) is 51.8 Å². The minimum atomic E-state index is -1.14. The summed E-state index contributed by atoms with van der Waals surface area (Å²) in [5.74, 6) is -1.06. The van der Waals surface area contributed by atoms with Crippen LogP contribution in [0.15, 0.2) is 59.1 Å². The Balaban J connectivity index is 2.33. The lowest BCUT2D eigenvalue weighted by Gasteiger charge is -2.21. The zero-order chi connectivity index (χ0) is 20.3. The lowest BCUT2D eigenvalue weighted by Crippen LogP contribution is -2.18. The van der Waals surface area contributed by atoms with Gasteiger partial charge < -0.3 is 9.84 Å². The minimum absolute atomic E-state index is 0.198. The third kappa shape index (κ3) is 4.27. The Morgan fingerprint density at radius 1 is 1.29 bits per heavy atom. The summed E-state index contributed by atoms with van der Waals surface area (Å²) >= 11 is 9.57. The topological polar surface area (TPSA) is 59.4 Å². The number of rotatable bonds is 6. The number of aryl methyl sites for hydroxylation is 1. The van der Waals surface area contributed by atoms with Crippen LogP contribution in [0.5, 0.6) is 0 Å². The predicted molar refractivity (Wildman–Crippen MR) is 116 cm³/mol. The van der Waals surface area contributed by atoms with Gasteiger partial charge in [0.25, 0.3) is 0 Å². The van der Waals surface area contributed by atoms with E-state index in [0.717, 1.165) is 26.5 Å². The summed E-state index contributed by atoms with van der Waals surface area (Å²) in [6, 6.07) is 13.1. The molecule has 3 rings (SSSR count). The molecule has 0 spiro atoms. The first kappa shape index (κ1) is 20.5. The van der Waals surface area contributed by atoms with Crippen LogP contribution in [0.25, 0.3) is 22.0 Å². The first-order valence-corrected chi connectivity index (χ1v) is 9.90. The Morgan fingerprint density at radius 2 is 2.00 bits per heavy atom. The molecule has 0 aliphatic heterocycles. The summed E-state index contributed by atoms with van der Waals surface area (Å²) in [7, 11) is 0. The SMILES string of the molecule is C/C=C/COC(C(=O)O)c1c(C)nc2ccc(Br)cc2c1-c1ccc(Cl)cc1. The predicted octanol–water partition coefficient (Wildman–Crippen LogP) is 6.34. The van der Waals surface area contributed by atoms with Crippen LogP contribution in [0, 0.1) is 6.92 Å². The van der Waals surface area contributed by atoms with E-state index in [1.54, 1.807) is 18.2 Å². The third-order valence-electron chi connectivity index (χ3n) is 4.39. The number of carboxylic acid groups (broad SMARTS) is 1. The van der Waals surface area contributed by atoms with Gasteiger partial charge in [0, 0.05) is 26.1 Å². The van der Waals surface area contributed by atoms with Crippen LogP contribution in [0.4, 0.5) is 0 Å². The van der Waals surface area contributed by atoms with E-state index >= 15 is 0 Å². The second kappa shape index (κ2) is 8.86. The number of hydrogen-bond acceptors (Lipinski definition) is 3. The number of carboxylic acids is 1. The quantitative estimate of drug-likeness (QED) is 0.436. The first-order valence-electron chi connectivity index (χ1n) is 8.73. The van der Waals surface area contributed by atoms with Crippen molar-refractivity contribution in [2.45, 2.75) is 20.0 Å². The molecule has 1 atom stereocenters. The molecule has 0 aliphatic rings. The van der Waals surface area contributed by atoms with Crippen molar-refractivity contribution in [3.63, 3.8) is 0 Å². The number of halogens is 2. The molecule has 1 unspecified atom stereocenters. The van der Waals surface area contributed by atoms with Crippen LogP contribution < -0.4 is 0 Å². The van der Waals surface area contributed by atoms with Crippen LogP contribution >= 0.6 is 27.5 Å². The van der Waals surface area contributed by atoms with Gasteiger partial charge in [0.15, 0.2) is 6.10 Å². The summed E-state index contributed by atoms with van der Waals surface area (Å²) < 4.78 is 6.59. The van der Waals surface area contributed by atoms with Gasteiger partial charge in [-0.05, 0) is 55.3 Å². The monoisotopic (exact) mass is 459 g/mol. The summed E-state index contributed by atoms with van der Waals surface area (Å²) in [5, 5.41) is 11.3. The number of fused-ring (bicyclic) bond motifs is 1. The minimum Gasteiger partial charge on any atom is -0.479 e. The fourth-order valence-electron chi connectivity index (χ4n) is 3.15. The fourth-order valence-corrected chi connectivity index (χ4v) is 3.63. The molecule has 28 heavy (non-hydrogen) atoms. The maximum absolute atomic E-state index is 12.1. The molecule has 1 aromatic heterocycles. The lowest BCUT2D eigenvalue weighted by atomic mass is 9.91. The molecule has 0 amide bonds. The van der Waals surface area contributed by atoms with E-state index < -0.39 is 12.1 Å². The van der Waals surface area contributed by atoms with Crippen LogP contribution in [-0.4, -0.2) is 22.7 Å². The van der Waals surface area contributed by atoms with E-state index in [-0.39, 0.29) is 6.61 Å². The van der Waals surface area contributed by atoms with Gasteiger partial charge in [-0.3, -0.25) is 4.98 Å². The molecule has 3 aromatic rings. The van der Waals surface area contributed by atoms with Gasteiger partial charge in [0.05, 0.1) is 12.1 Å². The Labute approximate surface area is 176 Å². The van der Waals surface area contributed by atoms with Crippen molar-refractivity contribution in [3.8, 4) is 11.1 Å². The number of ether oxygens (including phenoxy) is 1. The van der Waals surface area contributed by atoms with Crippen LogP contribution in [-0.2, 0) is 9.53 Å². The van der Waals surface area contributed by atoms with E-state index in [4.69, 9.17) is 16.3 Å². The van der Waals surface area contributed by atoms with E-state index in [2.05, 4.69) is 20.9 Å². The number of benzene rings is 2. The van der Waals surface area contributed by atoms with Crippen molar-refractivity contribution in [3.05, 3.63) is 75.4 Å². The molecule has 0 aliphatic carbocycles. The molecule has 1 N–H and O–H groups in total. The lowest BCUT2D eigenvalue weighted by molar-refractivity contribution is -0.150. The Kier molecular flexibility index (Phi) is 6.50. The molecule has 0 radical (unpaired) electrons. The van der Waals surface area contributed by atoms with Gasteiger partial charge in [-0.25, -0.2) is 4.79 Å². The standard InChI is InChI=1S/C22H19BrClNO3/c1-3-4-11-28-21(22(26)27)19-13(2)25-18-10-7-15(23)12-17(18)20(19)14-5-8-16(24)9-6-14/h3-10,12,21H,11H2,1-2H3,(H,26,27)/b4-3+. The van der Waals surface area contributed by atoms with Crippen molar-refractivity contribution in [2.24, 2.45) is 0 Å². The maximum Gasteiger partial charge on any atom is 0.337 e. The van der Waals surface area contributed by atoms with Gasteiger partial charge in [0.1, 0.15) is 0 Å². The largest absolute Gasteiger partial charge is 0.479 e. The zero-order valence-corrected chi connectivity index (χ0v) is 17.8. The molecular formula is C22H19BrClNO3. The molecule has 2 aromatic carbocycles. The summed E-state index contributed by atoms with van der Waals surface area (Å²) in [4.78, 5) is 16.7. The first-order chi connectivity index (χ1) is 13.4. The second-order valence-corrected chi connectivity index (χ2v) is 7.63. The van der Waals surface area contributed by atoms with Crippen LogP contribution in [0.3, 0.4) is 0 Å². The summed E-state index contributed by atoms with van der Waals surface area (Å²) in [6.45, 7) is 3.87.